The van der Waals surface area contributed by atoms with Crippen LogP contribution in [0.25, 0.3) is 0 Å². The van der Waals surface area contributed by atoms with E-state index in [-0.39, 0.29) is 10.8 Å². The van der Waals surface area contributed by atoms with Crippen molar-refractivity contribution in [2.24, 2.45) is 0 Å². The molecule has 5 heteroatoms. The van der Waals surface area contributed by atoms with Crippen LogP contribution in [-0.2, 0) is 4.74 Å². The molecule has 0 radical (unpaired) electrons. The van der Waals surface area contributed by atoms with E-state index in [0.717, 1.165) is 11.3 Å². The number of esters is 1. The minimum Gasteiger partial charge on any atom is -0.455 e. The molecule has 1 aromatic heterocycles. The average Bonchev–Trinajstić information content (AvgIpc) is 2.43. The minimum atomic E-state index is -0.568. The number of thiazole rings is 1. The number of nitrogen functional groups attached to an aromatic ring is 1. The van der Waals surface area contributed by atoms with E-state index in [1.54, 1.807) is 20.8 Å². The van der Waals surface area contributed by atoms with Crippen molar-refractivity contribution in [3.63, 3.8) is 0 Å². The van der Waals surface area contributed by atoms with Gasteiger partial charge in [-0.1, -0.05) is 17.3 Å². The fourth-order valence-electron chi connectivity index (χ4n) is 0.899. The molecule has 0 unspecified atom stereocenters. The lowest BCUT2D eigenvalue weighted by molar-refractivity contribution is 0.00636. The first-order valence-electron chi connectivity index (χ1n) is 4.30. The molecule has 0 aliphatic rings. The predicted octanol–water partition coefficient (Wildman–Crippen LogP) is 1.66. The van der Waals surface area contributed by atoms with Gasteiger partial charge in [0.25, 0.3) is 0 Å². The molecule has 0 atom stereocenters. The average molecular weight is 224 g/mol. The van der Waals surface area contributed by atoms with E-state index in [9.17, 15) is 4.79 Å². The Labute approximate surface area is 92.5 Å². The summed E-state index contributed by atoms with van der Waals surface area (Å²) in [6.07, 6.45) is 5.22. The minimum absolute atomic E-state index is 0.120. The van der Waals surface area contributed by atoms with Gasteiger partial charge in [-0.3, -0.25) is 0 Å². The SMILES string of the molecule is C#Cc1sc(N)nc1C(=O)OC(C)(C)C. The molecule has 0 aromatic carbocycles. The quantitative estimate of drug-likeness (QED) is 0.582. The second-order valence-electron chi connectivity index (χ2n) is 3.88. The third-order valence-corrected chi connectivity index (χ3v) is 2.18. The summed E-state index contributed by atoms with van der Waals surface area (Å²) in [4.78, 5) is 15.9. The van der Waals surface area contributed by atoms with Crippen LogP contribution in [0.15, 0.2) is 0 Å². The summed E-state index contributed by atoms with van der Waals surface area (Å²) in [5.74, 6) is 1.82. The molecule has 0 amide bonds. The number of carbonyl (C=O) groups excluding carboxylic acids is 1. The molecule has 15 heavy (non-hydrogen) atoms. The number of terminal acetylenes is 1. The maximum atomic E-state index is 11.6. The summed E-state index contributed by atoms with van der Waals surface area (Å²) in [5, 5.41) is 0.267. The van der Waals surface area contributed by atoms with Gasteiger partial charge in [-0.2, -0.15) is 0 Å². The number of rotatable bonds is 1. The molecule has 4 nitrogen and oxygen atoms in total. The second-order valence-corrected chi connectivity index (χ2v) is 4.91. The third kappa shape index (κ3) is 2.96. The van der Waals surface area contributed by atoms with E-state index >= 15 is 0 Å². The first kappa shape index (κ1) is 11.5. The van der Waals surface area contributed by atoms with Crippen molar-refractivity contribution in [3.8, 4) is 12.3 Å². The fraction of sp³-hybridized carbons (Fsp3) is 0.400. The van der Waals surface area contributed by atoms with Gasteiger partial charge >= 0.3 is 5.97 Å². The molecule has 0 aliphatic heterocycles. The van der Waals surface area contributed by atoms with Crippen molar-refractivity contribution in [3.05, 3.63) is 10.6 Å². The number of ether oxygens (including phenoxy) is 1. The second kappa shape index (κ2) is 3.91. The van der Waals surface area contributed by atoms with Crippen LogP contribution in [0.2, 0.25) is 0 Å². The van der Waals surface area contributed by atoms with Gasteiger partial charge < -0.3 is 10.5 Å². The molecule has 0 saturated carbocycles. The molecular formula is C10H12N2O2S. The number of carbonyl (C=O) groups is 1. The molecule has 1 heterocycles. The zero-order chi connectivity index (χ0) is 11.6. The van der Waals surface area contributed by atoms with Crippen LogP contribution < -0.4 is 5.73 Å². The van der Waals surface area contributed by atoms with Gasteiger partial charge in [-0.05, 0) is 20.8 Å². The fourth-order valence-corrected chi connectivity index (χ4v) is 1.53. The van der Waals surface area contributed by atoms with Crippen molar-refractivity contribution in [2.75, 3.05) is 5.73 Å². The van der Waals surface area contributed by atoms with Crippen LogP contribution in [0.5, 0.6) is 0 Å². The van der Waals surface area contributed by atoms with Crippen LogP contribution in [0.1, 0.15) is 36.1 Å². The summed E-state index contributed by atoms with van der Waals surface area (Å²) in [5.41, 5.74) is 5.01. The smallest absolute Gasteiger partial charge is 0.359 e. The normalized spacial score (nSPS) is 10.8. The van der Waals surface area contributed by atoms with Crippen LogP contribution in [-0.4, -0.2) is 16.6 Å². The van der Waals surface area contributed by atoms with E-state index in [0.29, 0.717) is 4.88 Å². The van der Waals surface area contributed by atoms with Gasteiger partial charge in [-0.25, -0.2) is 9.78 Å². The summed E-state index contributed by atoms with van der Waals surface area (Å²) in [6.45, 7) is 5.32. The Morgan fingerprint density at radius 2 is 2.20 bits per heavy atom. The van der Waals surface area contributed by atoms with Crippen molar-refractivity contribution < 1.29 is 9.53 Å². The molecular weight excluding hydrogens is 212 g/mol. The first-order valence-corrected chi connectivity index (χ1v) is 5.11. The van der Waals surface area contributed by atoms with Crippen LogP contribution in [0, 0.1) is 12.3 Å². The van der Waals surface area contributed by atoms with Gasteiger partial charge in [0, 0.05) is 0 Å². The van der Waals surface area contributed by atoms with Crippen molar-refractivity contribution in [2.45, 2.75) is 26.4 Å². The summed E-state index contributed by atoms with van der Waals surface area (Å²) < 4.78 is 5.13. The lowest BCUT2D eigenvalue weighted by Crippen LogP contribution is -2.24. The zero-order valence-corrected chi connectivity index (χ0v) is 9.64. The number of nitrogens with two attached hydrogens (primary N) is 1. The van der Waals surface area contributed by atoms with E-state index in [4.69, 9.17) is 16.9 Å². The van der Waals surface area contributed by atoms with Gasteiger partial charge in [0.15, 0.2) is 10.8 Å². The highest BCUT2D eigenvalue weighted by Crippen LogP contribution is 2.21. The lowest BCUT2D eigenvalue weighted by Gasteiger charge is -2.18. The largest absolute Gasteiger partial charge is 0.455 e. The van der Waals surface area contributed by atoms with E-state index in [2.05, 4.69) is 10.9 Å². The Morgan fingerprint density at radius 3 is 2.67 bits per heavy atom. The number of hydrogen-bond acceptors (Lipinski definition) is 5. The topological polar surface area (TPSA) is 65.2 Å². The number of nitrogens with zero attached hydrogens (tertiary/aromatic N) is 1. The molecule has 80 valence electrons. The Balaban J connectivity index is 2.97. The molecule has 0 fully saturated rings. The highest BCUT2D eigenvalue weighted by Gasteiger charge is 2.23. The van der Waals surface area contributed by atoms with E-state index in [1.165, 1.54) is 0 Å². The highest BCUT2D eigenvalue weighted by molar-refractivity contribution is 7.16. The van der Waals surface area contributed by atoms with Crippen LogP contribution in [0.3, 0.4) is 0 Å². The van der Waals surface area contributed by atoms with E-state index in [1.807, 2.05) is 0 Å². The monoisotopic (exact) mass is 224 g/mol. The Bertz CT molecular complexity index is 424. The van der Waals surface area contributed by atoms with Crippen molar-refractivity contribution in [1.82, 2.24) is 4.98 Å². The summed E-state index contributed by atoms with van der Waals surface area (Å²) in [6, 6.07) is 0. The molecule has 1 aromatic rings. The van der Waals surface area contributed by atoms with Gasteiger partial charge in [-0.15, -0.1) is 6.42 Å². The van der Waals surface area contributed by atoms with Crippen molar-refractivity contribution >= 4 is 22.4 Å². The summed E-state index contributed by atoms with van der Waals surface area (Å²) in [7, 11) is 0. The summed E-state index contributed by atoms with van der Waals surface area (Å²) >= 11 is 1.10. The van der Waals surface area contributed by atoms with Crippen LogP contribution in [0.4, 0.5) is 5.13 Å². The Morgan fingerprint density at radius 1 is 1.60 bits per heavy atom. The molecule has 2 N–H and O–H groups in total. The molecule has 0 bridgehead atoms. The molecule has 1 rings (SSSR count). The van der Waals surface area contributed by atoms with Gasteiger partial charge in [0.05, 0.1) is 0 Å². The number of anilines is 1. The van der Waals surface area contributed by atoms with Crippen molar-refractivity contribution in [1.29, 1.82) is 0 Å². The molecule has 0 spiro atoms. The zero-order valence-electron chi connectivity index (χ0n) is 8.83. The van der Waals surface area contributed by atoms with Gasteiger partial charge in [0.2, 0.25) is 0 Å². The first-order chi connectivity index (χ1) is 6.83. The standard InChI is InChI=1S/C10H12N2O2S/c1-5-6-7(12-9(11)15-6)8(13)14-10(2,3)4/h1H,2-4H3,(H2,11,12). The Kier molecular flexibility index (Phi) is 3.01. The highest BCUT2D eigenvalue weighted by atomic mass is 32.1. The molecule has 0 saturated heterocycles. The van der Waals surface area contributed by atoms with E-state index < -0.39 is 11.6 Å². The maximum absolute atomic E-state index is 11.6. The maximum Gasteiger partial charge on any atom is 0.359 e. The molecule has 0 aliphatic carbocycles. The van der Waals surface area contributed by atoms with Crippen LogP contribution >= 0.6 is 11.3 Å². The third-order valence-electron chi connectivity index (χ3n) is 1.37. The lowest BCUT2D eigenvalue weighted by atomic mass is 10.2. The predicted molar refractivity (Wildman–Crippen MR) is 59.6 cm³/mol. The van der Waals surface area contributed by atoms with Gasteiger partial charge in [0.1, 0.15) is 10.5 Å². The number of aromatic nitrogens is 1. The Hall–Kier alpha value is -1.54. The number of hydrogen-bond donors (Lipinski definition) is 1.